The molecular weight excluding hydrogens is 276 g/mol. The van der Waals surface area contributed by atoms with E-state index in [1.807, 2.05) is 7.05 Å². The van der Waals surface area contributed by atoms with Gasteiger partial charge in [0.1, 0.15) is 10.7 Å². The minimum Gasteiger partial charge on any atom is -0.352 e. The summed E-state index contributed by atoms with van der Waals surface area (Å²) in [7, 11) is 1.58. The van der Waals surface area contributed by atoms with Crippen LogP contribution in [0.25, 0.3) is 0 Å². The molecule has 1 aromatic heterocycles. The van der Waals surface area contributed by atoms with E-state index >= 15 is 0 Å². The Kier molecular flexibility index (Phi) is 4.62. The van der Waals surface area contributed by atoms with Crippen molar-refractivity contribution in [3.05, 3.63) is 18.3 Å². The van der Waals surface area contributed by atoms with Gasteiger partial charge >= 0.3 is 0 Å². The van der Waals surface area contributed by atoms with Crippen LogP contribution in [0.5, 0.6) is 0 Å². The summed E-state index contributed by atoms with van der Waals surface area (Å²) in [6.45, 7) is 1.89. The summed E-state index contributed by atoms with van der Waals surface area (Å²) < 4.78 is 25.2. The van der Waals surface area contributed by atoms with Crippen LogP contribution >= 0.6 is 0 Å². The summed E-state index contributed by atoms with van der Waals surface area (Å²) in [4.78, 5) is 6.80. The lowest BCUT2D eigenvalue weighted by Crippen LogP contribution is -2.37. The van der Waals surface area contributed by atoms with E-state index < -0.39 is 10.0 Å². The van der Waals surface area contributed by atoms with Gasteiger partial charge in [-0.05, 0) is 32.0 Å². The zero-order valence-electron chi connectivity index (χ0n) is 12.2. The standard InChI is InChI=1S/C13H22N4O2S/c1-14-9-11-5-4-8-17(11)13-7-6-12(10-15-13)20(18,19)16(2)3/h6-7,10-11,14H,4-5,8-9H2,1-3H3. The van der Waals surface area contributed by atoms with Gasteiger partial charge in [0.05, 0.1) is 0 Å². The van der Waals surface area contributed by atoms with E-state index in [0.29, 0.717) is 6.04 Å². The fraction of sp³-hybridized carbons (Fsp3) is 0.615. The van der Waals surface area contributed by atoms with Crippen LogP contribution in [-0.2, 0) is 10.0 Å². The van der Waals surface area contributed by atoms with Gasteiger partial charge in [-0.1, -0.05) is 0 Å². The van der Waals surface area contributed by atoms with Crippen molar-refractivity contribution in [2.24, 2.45) is 0 Å². The van der Waals surface area contributed by atoms with Crippen LogP contribution in [0, 0.1) is 0 Å². The molecule has 1 aromatic rings. The summed E-state index contributed by atoms with van der Waals surface area (Å²) in [6.07, 6.45) is 3.73. The van der Waals surface area contributed by atoms with Crippen LogP contribution in [0.2, 0.25) is 0 Å². The van der Waals surface area contributed by atoms with Crippen LogP contribution in [0.3, 0.4) is 0 Å². The molecule has 0 aliphatic carbocycles. The van der Waals surface area contributed by atoms with E-state index in [1.165, 1.54) is 24.6 Å². The predicted octanol–water partition coefficient (Wildman–Crippen LogP) is 0.520. The normalized spacial score (nSPS) is 19.8. The molecule has 1 atom stereocenters. The highest BCUT2D eigenvalue weighted by Crippen LogP contribution is 2.24. The third kappa shape index (κ3) is 2.94. The first kappa shape index (κ1) is 15.2. The summed E-state index contributed by atoms with van der Waals surface area (Å²) in [6, 6.07) is 3.86. The fourth-order valence-corrected chi connectivity index (χ4v) is 3.34. The number of hydrogen-bond acceptors (Lipinski definition) is 5. The Morgan fingerprint density at radius 1 is 1.45 bits per heavy atom. The van der Waals surface area contributed by atoms with E-state index in [0.717, 1.165) is 31.7 Å². The van der Waals surface area contributed by atoms with Crippen LogP contribution in [0.15, 0.2) is 23.2 Å². The number of likely N-dealkylation sites (N-methyl/N-ethyl adjacent to an activating group) is 1. The highest BCUT2D eigenvalue weighted by atomic mass is 32.2. The Morgan fingerprint density at radius 3 is 2.75 bits per heavy atom. The molecule has 1 saturated heterocycles. The first-order chi connectivity index (χ1) is 9.46. The van der Waals surface area contributed by atoms with E-state index in [4.69, 9.17) is 0 Å². The summed E-state index contributed by atoms with van der Waals surface area (Å²) in [5.41, 5.74) is 0. The molecule has 0 saturated carbocycles. The average molecular weight is 298 g/mol. The molecule has 7 heteroatoms. The number of hydrogen-bond donors (Lipinski definition) is 1. The molecule has 1 fully saturated rings. The molecular formula is C13H22N4O2S. The summed E-state index contributed by atoms with van der Waals surface area (Å²) in [5.74, 6) is 0.848. The van der Waals surface area contributed by atoms with E-state index in [9.17, 15) is 8.42 Å². The lowest BCUT2D eigenvalue weighted by molar-refractivity contribution is 0.520. The average Bonchev–Trinajstić information content (AvgIpc) is 2.87. The Balaban J connectivity index is 2.20. The Labute approximate surface area is 120 Å². The van der Waals surface area contributed by atoms with E-state index in [1.54, 1.807) is 12.1 Å². The quantitative estimate of drug-likeness (QED) is 0.858. The number of sulfonamides is 1. The van der Waals surface area contributed by atoms with Crippen molar-refractivity contribution in [3.8, 4) is 0 Å². The second kappa shape index (κ2) is 6.07. The van der Waals surface area contributed by atoms with Crippen LogP contribution in [0.1, 0.15) is 12.8 Å². The van der Waals surface area contributed by atoms with Gasteiger partial charge < -0.3 is 10.2 Å². The third-order valence-electron chi connectivity index (χ3n) is 3.61. The SMILES string of the molecule is CNCC1CCCN1c1ccc(S(=O)(=O)N(C)C)cn1. The maximum Gasteiger partial charge on any atom is 0.244 e. The molecule has 1 unspecified atom stereocenters. The number of anilines is 1. The Bertz CT molecular complexity index is 542. The van der Waals surface area contributed by atoms with Crippen molar-refractivity contribution >= 4 is 15.8 Å². The second-order valence-corrected chi connectivity index (χ2v) is 7.34. The van der Waals surface area contributed by atoms with Gasteiger partial charge in [0.2, 0.25) is 10.0 Å². The third-order valence-corrected chi connectivity index (χ3v) is 5.41. The molecule has 2 heterocycles. The largest absolute Gasteiger partial charge is 0.352 e. The summed E-state index contributed by atoms with van der Waals surface area (Å²) in [5, 5.41) is 3.19. The number of rotatable bonds is 5. The van der Waals surface area contributed by atoms with Crippen molar-refractivity contribution < 1.29 is 8.42 Å². The first-order valence-corrected chi connectivity index (χ1v) is 8.20. The predicted molar refractivity (Wildman–Crippen MR) is 79.4 cm³/mol. The van der Waals surface area contributed by atoms with E-state index in [2.05, 4.69) is 15.2 Å². The fourth-order valence-electron chi connectivity index (χ4n) is 2.49. The van der Waals surface area contributed by atoms with Crippen molar-refractivity contribution in [2.45, 2.75) is 23.8 Å². The van der Waals surface area contributed by atoms with Crippen molar-refractivity contribution in [1.29, 1.82) is 0 Å². The molecule has 1 aliphatic rings. The van der Waals surface area contributed by atoms with Gasteiger partial charge in [-0.3, -0.25) is 0 Å². The zero-order valence-corrected chi connectivity index (χ0v) is 13.0. The lowest BCUT2D eigenvalue weighted by Gasteiger charge is -2.25. The van der Waals surface area contributed by atoms with Crippen LogP contribution < -0.4 is 10.2 Å². The van der Waals surface area contributed by atoms with Crippen molar-refractivity contribution in [2.75, 3.05) is 39.1 Å². The van der Waals surface area contributed by atoms with Crippen LogP contribution in [-0.4, -0.2) is 58.0 Å². The van der Waals surface area contributed by atoms with E-state index in [-0.39, 0.29) is 4.90 Å². The monoisotopic (exact) mass is 298 g/mol. The Morgan fingerprint density at radius 2 is 2.20 bits per heavy atom. The molecule has 20 heavy (non-hydrogen) atoms. The smallest absolute Gasteiger partial charge is 0.244 e. The summed E-state index contributed by atoms with van der Waals surface area (Å²) >= 11 is 0. The number of aromatic nitrogens is 1. The molecule has 0 spiro atoms. The van der Waals surface area contributed by atoms with Crippen molar-refractivity contribution in [3.63, 3.8) is 0 Å². The van der Waals surface area contributed by atoms with Crippen LogP contribution in [0.4, 0.5) is 5.82 Å². The minimum atomic E-state index is -3.40. The molecule has 6 nitrogen and oxygen atoms in total. The topological polar surface area (TPSA) is 65.5 Å². The van der Waals surface area contributed by atoms with Gasteiger partial charge in [-0.25, -0.2) is 17.7 Å². The second-order valence-electron chi connectivity index (χ2n) is 5.19. The maximum absolute atomic E-state index is 12.0. The molecule has 2 rings (SSSR count). The van der Waals surface area contributed by atoms with Crippen molar-refractivity contribution in [1.82, 2.24) is 14.6 Å². The molecule has 112 valence electrons. The molecule has 0 amide bonds. The minimum absolute atomic E-state index is 0.232. The number of nitrogens with one attached hydrogen (secondary N) is 1. The van der Waals surface area contributed by atoms with Gasteiger partial charge in [0, 0.05) is 39.4 Å². The van der Waals surface area contributed by atoms with Gasteiger partial charge in [-0.15, -0.1) is 0 Å². The number of nitrogens with zero attached hydrogens (tertiary/aromatic N) is 3. The molecule has 0 aromatic carbocycles. The molecule has 1 N–H and O–H groups in total. The highest BCUT2D eigenvalue weighted by molar-refractivity contribution is 7.89. The Hall–Kier alpha value is -1.18. The van der Waals surface area contributed by atoms with Gasteiger partial charge in [-0.2, -0.15) is 0 Å². The molecule has 0 bridgehead atoms. The molecule has 0 radical (unpaired) electrons. The van der Waals surface area contributed by atoms with Gasteiger partial charge in [0.25, 0.3) is 0 Å². The number of pyridine rings is 1. The first-order valence-electron chi connectivity index (χ1n) is 6.76. The van der Waals surface area contributed by atoms with Gasteiger partial charge in [0.15, 0.2) is 0 Å². The lowest BCUT2D eigenvalue weighted by atomic mass is 10.2. The molecule has 1 aliphatic heterocycles. The maximum atomic E-state index is 12.0. The highest BCUT2D eigenvalue weighted by Gasteiger charge is 2.25. The zero-order chi connectivity index (χ0) is 14.8.